The van der Waals surface area contributed by atoms with E-state index in [2.05, 4.69) is 4.98 Å². The lowest BCUT2D eigenvalue weighted by Crippen LogP contribution is -2.22. The quantitative estimate of drug-likeness (QED) is 0.277. The van der Waals surface area contributed by atoms with Gasteiger partial charge in [-0.15, -0.1) is 0 Å². The molecule has 4 rings (SSSR count). The number of ether oxygens (including phenoxy) is 4. The molecule has 2 aromatic heterocycles. The predicted molar refractivity (Wildman–Crippen MR) is 136 cm³/mol. The molecule has 0 aliphatic rings. The van der Waals surface area contributed by atoms with Crippen molar-refractivity contribution >= 4 is 34.0 Å². The molecular formula is C25H24ClFN2O6S. The maximum atomic E-state index is 13.0. The molecule has 2 heterocycles. The Kier molecular flexibility index (Phi) is 8.76. The minimum absolute atomic E-state index is 0.0693. The molecule has 4 aromatic rings. The average Bonchev–Trinajstić information content (AvgIpc) is 3.42. The lowest BCUT2D eigenvalue weighted by molar-refractivity contribution is 0.0325. The topological polar surface area (TPSA) is 91.5 Å². The third-order valence-electron chi connectivity index (χ3n) is 5.11. The molecule has 190 valence electrons. The van der Waals surface area contributed by atoms with E-state index in [0.29, 0.717) is 52.9 Å². The van der Waals surface area contributed by atoms with E-state index in [1.165, 1.54) is 22.8 Å². The van der Waals surface area contributed by atoms with Crippen LogP contribution in [-0.2, 0) is 9.47 Å². The molecule has 0 atom stereocenters. The Morgan fingerprint density at radius 3 is 2.61 bits per heavy atom. The Morgan fingerprint density at radius 2 is 1.86 bits per heavy atom. The van der Waals surface area contributed by atoms with E-state index in [9.17, 15) is 14.3 Å². The van der Waals surface area contributed by atoms with Crippen LogP contribution in [0.1, 0.15) is 5.56 Å². The highest BCUT2D eigenvalue weighted by Gasteiger charge is 2.14. The van der Waals surface area contributed by atoms with Gasteiger partial charge in [0.05, 0.1) is 48.8 Å². The number of aromatic nitrogens is 2. The van der Waals surface area contributed by atoms with Gasteiger partial charge in [-0.1, -0.05) is 35.1 Å². The van der Waals surface area contributed by atoms with Crippen LogP contribution in [0.3, 0.4) is 0 Å². The molecule has 1 N–H and O–H groups in total. The summed E-state index contributed by atoms with van der Waals surface area (Å²) in [5, 5.41) is 10.1. The largest absolute Gasteiger partial charge is 0.503 e. The van der Waals surface area contributed by atoms with Gasteiger partial charge in [-0.2, -0.15) is 0 Å². The number of halogens is 2. The van der Waals surface area contributed by atoms with Crippen molar-refractivity contribution in [2.75, 3.05) is 46.8 Å². The second-order valence-electron chi connectivity index (χ2n) is 7.51. The lowest BCUT2D eigenvalue weighted by atomic mass is 10.1. The number of rotatable bonds is 12. The number of methoxy groups -OCH3 is 1. The van der Waals surface area contributed by atoms with Crippen molar-refractivity contribution in [2.24, 2.45) is 0 Å². The molecular weight excluding hydrogens is 511 g/mol. The number of phenols is 1. The minimum atomic E-state index is -0.512. The van der Waals surface area contributed by atoms with Gasteiger partial charge in [0.2, 0.25) is 0 Å². The maximum absolute atomic E-state index is 13.0. The van der Waals surface area contributed by atoms with E-state index in [-0.39, 0.29) is 28.7 Å². The van der Waals surface area contributed by atoms with E-state index >= 15 is 0 Å². The van der Waals surface area contributed by atoms with Crippen LogP contribution in [0, 0.1) is 0 Å². The van der Waals surface area contributed by atoms with E-state index < -0.39 is 6.67 Å². The second-order valence-corrected chi connectivity index (χ2v) is 8.92. The fourth-order valence-corrected chi connectivity index (χ4v) is 4.61. The first-order chi connectivity index (χ1) is 17.5. The van der Waals surface area contributed by atoms with Crippen LogP contribution in [-0.4, -0.2) is 61.3 Å². The molecule has 0 saturated heterocycles. The van der Waals surface area contributed by atoms with Gasteiger partial charge in [-0.05, 0) is 35.9 Å². The fourth-order valence-electron chi connectivity index (χ4n) is 3.44. The van der Waals surface area contributed by atoms with Crippen LogP contribution in [0.25, 0.3) is 22.3 Å². The number of aromatic hydroxyl groups is 1. The van der Waals surface area contributed by atoms with Crippen molar-refractivity contribution in [3.63, 3.8) is 0 Å². The van der Waals surface area contributed by atoms with Gasteiger partial charge < -0.3 is 24.1 Å². The van der Waals surface area contributed by atoms with E-state index in [1.807, 2.05) is 24.3 Å². The molecule has 0 unspecified atom stereocenters. The molecule has 0 bridgehead atoms. The van der Waals surface area contributed by atoms with Gasteiger partial charge in [0, 0.05) is 11.8 Å². The zero-order valence-electron chi connectivity index (χ0n) is 19.4. The van der Waals surface area contributed by atoms with Crippen molar-refractivity contribution in [3.05, 3.63) is 68.1 Å². The smallest absolute Gasteiger partial charge is 0.274 e. The third kappa shape index (κ3) is 5.96. The average molecular weight is 535 g/mol. The Morgan fingerprint density at radius 1 is 1.11 bits per heavy atom. The molecule has 2 aromatic carbocycles. The van der Waals surface area contributed by atoms with Gasteiger partial charge >= 0.3 is 0 Å². The number of nitrogens with zero attached hydrogens (tertiary/aromatic N) is 2. The summed E-state index contributed by atoms with van der Waals surface area (Å²) < 4.78 is 35.4. The molecule has 8 nitrogen and oxygen atoms in total. The highest BCUT2D eigenvalue weighted by molar-refractivity contribution is 7.15. The van der Waals surface area contributed by atoms with E-state index in [1.54, 1.807) is 24.4 Å². The van der Waals surface area contributed by atoms with Crippen molar-refractivity contribution in [1.82, 2.24) is 9.38 Å². The number of thiazole rings is 1. The molecule has 0 aliphatic carbocycles. The van der Waals surface area contributed by atoms with Crippen molar-refractivity contribution in [3.8, 4) is 28.5 Å². The molecule has 11 heteroatoms. The molecule has 0 aliphatic heterocycles. The van der Waals surface area contributed by atoms with E-state index in [0.717, 1.165) is 5.56 Å². The number of alkyl halides is 1. The van der Waals surface area contributed by atoms with Crippen LogP contribution in [0.5, 0.6) is 17.2 Å². The number of benzene rings is 2. The molecule has 0 fully saturated rings. The predicted octanol–water partition coefficient (Wildman–Crippen LogP) is 3.72. The Labute approximate surface area is 215 Å². The Hall–Kier alpha value is -3.18. The van der Waals surface area contributed by atoms with Gasteiger partial charge in [0.25, 0.3) is 5.56 Å². The van der Waals surface area contributed by atoms with Crippen molar-refractivity contribution in [2.45, 2.75) is 0 Å². The van der Waals surface area contributed by atoms with Crippen molar-refractivity contribution < 1.29 is 28.4 Å². The summed E-state index contributed by atoms with van der Waals surface area (Å²) in [6.07, 6.45) is 3.35. The first-order valence-corrected chi connectivity index (χ1v) is 12.2. The standard InChI is InChI=1S/C25H24ClFN2O6S/c1-32-21-13-16(12-18(26)23(21)30)14-22-24(31)29-15-19(28-25(29)36-22)17-4-2-3-5-20(17)35-11-10-34-9-8-33-7-6-27/h2-5,12-15,30H,6-11H2,1H3. The summed E-state index contributed by atoms with van der Waals surface area (Å²) in [6.45, 7) is 0.906. The van der Waals surface area contributed by atoms with Crippen molar-refractivity contribution in [1.29, 1.82) is 0 Å². The molecule has 0 spiro atoms. The van der Waals surface area contributed by atoms with Crippen LogP contribution < -0.4 is 19.6 Å². The summed E-state index contributed by atoms with van der Waals surface area (Å²) in [6, 6.07) is 10.6. The number of para-hydroxylation sites is 1. The van der Waals surface area contributed by atoms with Gasteiger partial charge in [-0.3, -0.25) is 9.20 Å². The number of fused-ring (bicyclic) bond motifs is 1. The number of hydrogen-bond acceptors (Lipinski definition) is 8. The van der Waals surface area contributed by atoms with E-state index in [4.69, 9.17) is 30.5 Å². The summed E-state index contributed by atoms with van der Waals surface area (Å²) >= 11 is 7.30. The molecule has 0 radical (unpaired) electrons. The first-order valence-electron chi connectivity index (χ1n) is 11.1. The Balaban J connectivity index is 1.51. The third-order valence-corrected chi connectivity index (χ3v) is 6.39. The van der Waals surface area contributed by atoms with Crippen LogP contribution in [0.15, 0.2) is 47.4 Å². The SMILES string of the molecule is COc1cc(C=c2sc3nc(-c4ccccc4OCCOCCOCCF)cn3c2=O)cc(Cl)c1O. The normalized spacial score (nSPS) is 11.9. The minimum Gasteiger partial charge on any atom is -0.503 e. The highest BCUT2D eigenvalue weighted by Crippen LogP contribution is 2.35. The zero-order valence-corrected chi connectivity index (χ0v) is 21.0. The van der Waals surface area contributed by atoms with Crippen LogP contribution in [0.2, 0.25) is 5.02 Å². The summed E-state index contributed by atoms with van der Waals surface area (Å²) in [4.78, 5) is 18.2. The Bertz CT molecular complexity index is 1440. The number of imidazole rings is 1. The summed E-state index contributed by atoms with van der Waals surface area (Å²) in [7, 11) is 1.43. The number of hydrogen-bond donors (Lipinski definition) is 1. The van der Waals surface area contributed by atoms with Crippen LogP contribution in [0.4, 0.5) is 4.39 Å². The fraction of sp³-hybridized carbons (Fsp3) is 0.280. The monoisotopic (exact) mass is 534 g/mol. The molecule has 0 saturated carbocycles. The second kappa shape index (κ2) is 12.2. The highest BCUT2D eigenvalue weighted by atomic mass is 35.5. The van der Waals surface area contributed by atoms with Gasteiger partial charge in [0.1, 0.15) is 19.0 Å². The first kappa shape index (κ1) is 25.9. The van der Waals surface area contributed by atoms with Gasteiger partial charge in [-0.25, -0.2) is 9.37 Å². The molecule has 36 heavy (non-hydrogen) atoms. The van der Waals surface area contributed by atoms with Gasteiger partial charge in [0.15, 0.2) is 16.5 Å². The summed E-state index contributed by atoms with van der Waals surface area (Å²) in [5.41, 5.74) is 1.75. The lowest BCUT2D eigenvalue weighted by Gasteiger charge is -2.10. The maximum Gasteiger partial charge on any atom is 0.274 e. The number of phenolic OH excluding ortho intramolecular Hbond substituents is 1. The molecule has 0 amide bonds. The van der Waals surface area contributed by atoms with Crippen LogP contribution >= 0.6 is 22.9 Å². The summed E-state index contributed by atoms with van der Waals surface area (Å²) in [5.74, 6) is 0.682. The zero-order chi connectivity index (χ0) is 25.5.